The van der Waals surface area contributed by atoms with Gasteiger partial charge in [0.1, 0.15) is 11.8 Å². The maximum Gasteiger partial charge on any atom is 0.151 e. The minimum absolute atomic E-state index is 0.0304. The highest BCUT2D eigenvalue weighted by atomic mass is 32.2. The second-order valence-electron chi connectivity index (χ2n) is 5.56. The quantitative estimate of drug-likeness (QED) is 0.499. The third-order valence-corrected chi connectivity index (χ3v) is 4.98. The van der Waals surface area contributed by atoms with E-state index in [2.05, 4.69) is 32.4 Å². The van der Waals surface area contributed by atoms with Crippen molar-refractivity contribution in [3.05, 3.63) is 54.0 Å². The van der Waals surface area contributed by atoms with Gasteiger partial charge in [0.25, 0.3) is 0 Å². The average molecular weight is 343 g/mol. The molecule has 0 aliphatic carbocycles. The molecule has 24 heavy (non-hydrogen) atoms. The number of aliphatic hydroxyl groups is 1. The summed E-state index contributed by atoms with van der Waals surface area (Å²) in [6.45, 7) is 0.717. The first kappa shape index (κ1) is 16.8. The lowest BCUT2D eigenvalue weighted by atomic mass is 10.2. The van der Waals surface area contributed by atoms with Gasteiger partial charge in [0.05, 0.1) is 12.1 Å². The van der Waals surface area contributed by atoms with Crippen LogP contribution in [-0.4, -0.2) is 38.5 Å². The monoisotopic (exact) mass is 343 g/mol. The predicted molar refractivity (Wildman–Crippen MR) is 98.6 cm³/mol. The Bertz CT molecular complexity index is 777. The highest BCUT2D eigenvalue weighted by Gasteiger charge is 2.11. The summed E-state index contributed by atoms with van der Waals surface area (Å²) in [6, 6.07) is 10.4. The van der Waals surface area contributed by atoms with Gasteiger partial charge in [0.15, 0.2) is 5.82 Å². The molecule has 1 aromatic carbocycles. The first-order valence-electron chi connectivity index (χ1n) is 7.80. The molecule has 3 aromatic rings. The van der Waals surface area contributed by atoms with Crippen LogP contribution in [0, 0.1) is 0 Å². The molecule has 0 bridgehead atoms. The number of rotatable bonds is 8. The number of benzene rings is 1. The van der Waals surface area contributed by atoms with E-state index in [0.29, 0.717) is 12.4 Å². The summed E-state index contributed by atoms with van der Waals surface area (Å²) in [5.74, 6) is 2.23. The molecule has 126 valence electrons. The summed E-state index contributed by atoms with van der Waals surface area (Å²) >= 11 is 1.81. The Hall–Kier alpha value is -2.09. The Morgan fingerprint density at radius 1 is 1.25 bits per heavy atom. The van der Waals surface area contributed by atoms with E-state index in [4.69, 9.17) is 5.73 Å². The third kappa shape index (κ3) is 4.05. The number of aromatic amines is 1. The molecule has 6 nitrogen and oxygen atoms in total. The van der Waals surface area contributed by atoms with E-state index in [1.807, 2.05) is 24.4 Å². The van der Waals surface area contributed by atoms with E-state index in [-0.39, 0.29) is 12.6 Å². The fourth-order valence-electron chi connectivity index (χ4n) is 2.47. The van der Waals surface area contributed by atoms with Crippen molar-refractivity contribution in [1.82, 2.24) is 20.3 Å². The molecular formula is C17H21N5OS. The van der Waals surface area contributed by atoms with Crippen molar-refractivity contribution in [3.8, 4) is 0 Å². The van der Waals surface area contributed by atoms with E-state index in [0.717, 1.165) is 28.1 Å². The topological polar surface area (TPSA) is 99.8 Å². The van der Waals surface area contributed by atoms with Crippen molar-refractivity contribution < 1.29 is 5.11 Å². The highest BCUT2D eigenvalue weighted by molar-refractivity contribution is 7.98. The summed E-state index contributed by atoms with van der Waals surface area (Å²) < 4.78 is 0. The number of nitrogen functional groups attached to an aromatic ring is 1. The highest BCUT2D eigenvalue weighted by Crippen LogP contribution is 2.19. The van der Waals surface area contributed by atoms with Crippen LogP contribution in [-0.2, 0) is 12.3 Å². The van der Waals surface area contributed by atoms with Gasteiger partial charge in [-0.3, -0.25) is 0 Å². The molecule has 2 aromatic heterocycles. The van der Waals surface area contributed by atoms with Crippen molar-refractivity contribution >= 4 is 28.6 Å². The smallest absolute Gasteiger partial charge is 0.151 e. The van der Waals surface area contributed by atoms with Gasteiger partial charge in [0, 0.05) is 35.9 Å². The average Bonchev–Trinajstić information content (AvgIpc) is 3.03. The molecule has 0 saturated carbocycles. The van der Waals surface area contributed by atoms with Crippen molar-refractivity contribution in [2.45, 2.75) is 18.3 Å². The molecule has 0 aliphatic heterocycles. The maximum absolute atomic E-state index is 9.58. The SMILES string of the molecule is Nc1ncnc2c(CNC(CO)CSCc3ccccc3)c[nH]c12. The Balaban J connectivity index is 1.52. The number of hydrogen-bond acceptors (Lipinski definition) is 6. The molecule has 0 saturated heterocycles. The molecular weight excluding hydrogens is 322 g/mol. The Morgan fingerprint density at radius 3 is 2.88 bits per heavy atom. The van der Waals surface area contributed by atoms with Gasteiger partial charge in [-0.25, -0.2) is 9.97 Å². The lowest BCUT2D eigenvalue weighted by Crippen LogP contribution is -2.34. The number of H-pyrrole nitrogens is 1. The maximum atomic E-state index is 9.58. The normalized spacial score (nSPS) is 12.5. The third-order valence-electron chi connectivity index (χ3n) is 3.80. The Morgan fingerprint density at radius 2 is 2.08 bits per heavy atom. The van der Waals surface area contributed by atoms with Crippen molar-refractivity contribution in [2.24, 2.45) is 0 Å². The van der Waals surface area contributed by atoms with Gasteiger partial charge in [-0.1, -0.05) is 30.3 Å². The number of thioether (sulfide) groups is 1. The van der Waals surface area contributed by atoms with Crippen LogP contribution >= 0.6 is 11.8 Å². The van der Waals surface area contributed by atoms with E-state index in [1.165, 1.54) is 11.9 Å². The van der Waals surface area contributed by atoms with Crippen LogP contribution in [0.5, 0.6) is 0 Å². The molecule has 1 unspecified atom stereocenters. The largest absolute Gasteiger partial charge is 0.395 e. The first-order valence-corrected chi connectivity index (χ1v) is 8.95. The molecule has 5 N–H and O–H groups in total. The number of hydrogen-bond donors (Lipinski definition) is 4. The summed E-state index contributed by atoms with van der Waals surface area (Å²) in [7, 11) is 0. The number of aromatic nitrogens is 3. The van der Waals surface area contributed by atoms with Gasteiger partial charge in [-0.2, -0.15) is 11.8 Å². The molecule has 0 radical (unpaired) electrons. The van der Waals surface area contributed by atoms with Gasteiger partial charge < -0.3 is 21.1 Å². The molecule has 2 heterocycles. The zero-order valence-electron chi connectivity index (χ0n) is 13.3. The standard InChI is InChI=1S/C17H21N5OS/c18-17-16-15(21-11-22-17)13(7-20-16)6-19-14(8-23)10-24-9-12-4-2-1-3-5-12/h1-5,7,11,14,19-20,23H,6,8-10H2,(H2,18,21,22). The van der Waals surface area contributed by atoms with Crippen molar-refractivity contribution in [2.75, 3.05) is 18.1 Å². The Labute approximate surface area is 144 Å². The number of fused-ring (bicyclic) bond motifs is 1. The summed E-state index contributed by atoms with van der Waals surface area (Å²) in [6.07, 6.45) is 3.35. The van der Waals surface area contributed by atoms with Crippen LogP contribution in [0.3, 0.4) is 0 Å². The van der Waals surface area contributed by atoms with Crippen LogP contribution in [0.25, 0.3) is 11.0 Å². The molecule has 0 aliphatic rings. The van der Waals surface area contributed by atoms with E-state index < -0.39 is 0 Å². The molecule has 3 rings (SSSR count). The number of nitrogens with zero attached hydrogens (tertiary/aromatic N) is 2. The van der Waals surface area contributed by atoms with Crippen LogP contribution < -0.4 is 11.1 Å². The summed E-state index contributed by atoms with van der Waals surface area (Å²) in [4.78, 5) is 11.4. The lowest BCUT2D eigenvalue weighted by molar-refractivity contribution is 0.253. The van der Waals surface area contributed by atoms with Gasteiger partial charge in [0.2, 0.25) is 0 Å². The van der Waals surface area contributed by atoms with E-state index in [9.17, 15) is 5.11 Å². The minimum atomic E-state index is 0.0304. The molecule has 7 heteroatoms. The van der Waals surface area contributed by atoms with Crippen LogP contribution in [0.4, 0.5) is 5.82 Å². The summed E-state index contributed by atoms with van der Waals surface area (Å²) in [5.41, 5.74) is 9.72. The van der Waals surface area contributed by atoms with Gasteiger partial charge in [-0.05, 0) is 5.56 Å². The Kier molecular flexibility index (Phi) is 5.68. The zero-order valence-corrected chi connectivity index (χ0v) is 14.1. The van der Waals surface area contributed by atoms with Gasteiger partial charge in [-0.15, -0.1) is 0 Å². The number of nitrogens with one attached hydrogen (secondary N) is 2. The lowest BCUT2D eigenvalue weighted by Gasteiger charge is -2.15. The van der Waals surface area contributed by atoms with Crippen LogP contribution in [0.2, 0.25) is 0 Å². The van der Waals surface area contributed by atoms with Gasteiger partial charge >= 0.3 is 0 Å². The fourth-order valence-corrected chi connectivity index (χ4v) is 3.52. The number of nitrogens with two attached hydrogens (primary N) is 1. The van der Waals surface area contributed by atoms with Crippen LogP contribution in [0.15, 0.2) is 42.9 Å². The fraction of sp³-hybridized carbons (Fsp3) is 0.294. The first-order chi connectivity index (χ1) is 11.8. The molecule has 0 spiro atoms. The number of anilines is 1. The zero-order chi connectivity index (χ0) is 16.8. The van der Waals surface area contributed by atoms with Crippen molar-refractivity contribution in [3.63, 3.8) is 0 Å². The second-order valence-corrected chi connectivity index (χ2v) is 6.59. The van der Waals surface area contributed by atoms with E-state index in [1.54, 1.807) is 11.8 Å². The van der Waals surface area contributed by atoms with Crippen molar-refractivity contribution in [1.29, 1.82) is 0 Å². The minimum Gasteiger partial charge on any atom is -0.395 e. The molecule has 1 atom stereocenters. The summed E-state index contributed by atoms with van der Waals surface area (Å²) in [5, 5.41) is 13.0. The second kappa shape index (κ2) is 8.14. The number of aliphatic hydroxyl groups excluding tert-OH is 1. The van der Waals surface area contributed by atoms with Crippen LogP contribution in [0.1, 0.15) is 11.1 Å². The predicted octanol–water partition coefficient (Wildman–Crippen LogP) is 1.92. The molecule has 0 amide bonds. The molecule has 0 fully saturated rings. The van der Waals surface area contributed by atoms with E-state index >= 15 is 0 Å².